The number of rotatable bonds is 2. The largest absolute Gasteiger partial charge is 0.338 e. The van der Waals surface area contributed by atoms with E-state index < -0.39 is 11.6 Å². The van der Waals surface area contributed by atoms with Crippen molar-refractivity contribution in [2.75, 3.05) is 0 Å². The van der Waals surface area contributed by atoms with Crippen molar-refractivity contribution in [3.05, 3.63) is 53.1 Å². The Kier molecular flexibility index (Phi) is 3.01. The van der Waals surface area contributed by atoms with Gasteiger partial charge in [-0.25, -0.2) is 13.8 Å². The molecule has 0 bridgehead atoms. The Balaban J connectivity index is 2.17. The second-order valence-electron chi connectivity index (χ2n) is 4.87. The number of aromatic nitrogens is 2. The molecule has 0 radical (unpaired) electrons. The minimum Gasteiger partial charge on any atom is -0.338 e. The highest BCUT2D eigenvalue weighted by Gasteiger charge is 2.13. The molecule has 0 saturated carbocycles. The maximum Gasteiger partial charge on any atom is 0.141 e. The van der Waals surface area contributed by atoms with Crippen LogP contribution >= 0.6 is 0 Å². The summed E-state index contributed by atoms with van der Waals surface area (Å²) in [6.45, 7) is 3.68. The summed E-state index contributed by atoms with van der Waals surface area (Å²) in [6.07, 6.45) is 0.925. The van der Waals surface area contributed by atoms with E-state index in [2.05, 4.69) is 16.9 Å². The summed E-state index contributed by atoms with van der Waals surface area (Å²) in [5.74, 6) is -0.729. The number of halogens is 2. The van der Waals surface area contributed by atoms with E-state index in [0.29, 0.717) is 11.4 Å². The Morgan fingerprint density at radius 3 is 2.65 bits per heavy atom. The fourth-order valence-corrected chi connectivity index (χ4v) is 2.24. The lowest BCUT2D eigenvalue weighted by molar-refractivity contribution is 0.579. The number of hydrogen-bond acceptors (Lipinski definition) is 1. The van der Waals surface area contributed by atoms with Gasteiger partial charge in [-0.3, -0.25) is 0 Å². The van der Waals surface area contributed by atoms with Crippen LogP contribution in [-0.4, -0.2) is 9.97 Å². The third kappa shape index (κ3) is 2.07. The molecule has 4 heteroatoms. The van der Waals surface area contributed by atoms with E-state index in [0.717, 1.165) is 23.5 Å². The highest BCUT2D eigenvalue weighted by atomic mass is 19.1. The molecule has 1 aromatic heterocycles. The lowest BCUT2D eigenvalue weighted by atomic mass is 10.1. The normalized spacial score (nSPS) is 11.2. The standard InChI is InChI=1S/C16H14F2N2/c1-3-10-4-5-14-15(7-10)20-16(19-14)11-6-9(2)12(17)8-13(11)18/h4-8H,3H2,1-2H3,(H,19,20). The molecule has 0 saturated heterocycles. The van der Waals surface area contributed by atoms with E-state index in [1.165, 1.54) is 11.6 Å². The van der Waals surface area contributed by atoms with Gasteiger partial charge in [0, 0.05) is 6.07 Å². The van der Waals surface area contributed by atoms with Crippen LogP contribution in [-0.2, 0) is 6.42 Å². The van der Waals surface area contributed by atoms with Crippen LogP contribution < -0.4 is 0 Å². The number of hydrogen-bond donors (Lipinski definition) is 1. The quantitative estimate of drug-likeness (QED) is 0.737. The molecule has 0 amide bonds. The summed E-state index contributed by atoms with van der Waals surface area (Å²) >= 11 is 0. The fraction of sp³-hybridized carbons (Fsp3) is 0.188. The maximum atomic E-state index is 13.9. The van der Waals surface area contributed by atoms with Crippen molar-refractivity contribution in [2.24, 2.45) is 0 Å². The van der Waals surface area contributed by atoms with Crippen LogP contribution in [0.2, 0.25) is 0 Å². The number of benzene rings is 2. The second-order valence-corrected chi connectivity index (χ2v) is 4.87. The summed E-state index contributed by atoms with van der Waals surface area (Å²) in [7, 11) is 0. The van der Waals surface area contributed by atoms with Gasteiger partial charge in [-0.2, -0.15) is 0 Å². The summed E-state index contributed by atoms with van der Waals surface area (Å²) in [6, 6.07) is 8.28. The number of nitrogens with zero attached hydrogens (tertiary/aromatic N) is 1. The van der Waals surface area contributed by atoms with Gasteiger partial charge in [0.15, 0.2) is 0 Å². The van der Waals surface area contributed by atoms with Crippen LogP contribution in [0.5, 0.6) is 0 Å². The highest BCUT2D eigenvalue weighted by Crippen LogP contribution is 2.26. The zero-order chi connectivity index (χ0) is 14.3. The van der Waals surface area contributed by atoms with E-state index in [1.54, 1.807) is 6.92 Å². The van der Waals surface area contributed by atoms with Crippen molar-refractivity contribution in [3.63, 3.8) is 0 Å². The summed E-state index contributed by atoms with van der Waals surface area (Å²) in [5, 5.41) is 0. The average Bonchev–Trinajstić information content (AvgIpc) is 2.85. The SMILES string of the molecule is CCc1ccc2nc(-c3cc(C)c(F)cc3F)[nH]c2c1. The van der Waals surface area contributed by atoms with Gasteiger partial charge in [-0.15, -0.1) is 0 Å². The van der Waals surface area contributed by atoms with Gasteiger partial charge in [0.05, 0.1) is 16.6 Å². The summed E-state index contributed by atoms with van der Waals surface area (Å²) < 4.78 is 27.2. The van der Waals surface area contributed by atoms with Crippen molar-refractivity contribution >= 4 is 11.0 Å². The van der Waals surface area contributed by atoms with Crippen molar-refractivity contribution in [2.45, 2.75) is 20.3 Å². The van der Waals surface area contributed by atoms with Crippen LogP contribution in [0.4, 0.5) is 8.78 Å². The Labute approximate surface area is 115 Å². The van der Waals surface area contributed by atoms with E-state index in [4.69, 9.17) is 0 Å². The van der Waals surface area contributed by atoms with Crippen molar-refractivity contribution in [1.29, 1.82) is 0 Å². The zero-order valence-corrected chi connectivity index (χ0v) is 11.3. The van der Waals surface area contributed by atoms with Gasteiger partial charge < -0.3 is 4.98 Å². The van der Waals surface area contributed by atoms with Crippen LogP contribution in [0.3, 0.4) is 0 Å². The molecular formula is C16H14F2N2. The smallest absolute Gasteiger partial charge is 0.141 e. The fourth-order valence-electron chi connectivity index (χ4n) is 2.24. The number of aromatic amines is 1. The molecule has 0 atom stereocenters. The first-order valence-corrected chi connectivity index (χ1v) is 6.53. The summed E-state index contributed by atoms with van der Waals surface area (Å²) in [4.78, 5) is 7.47. The number of aryl methyl sites for hydroxylation is 2. The molecule has 2 aromatic carbocycles. The molecule has 0 aliphatic carbocycles. The van der Waals surface area contributed by atoms with E-state index in [1.807, 2.05) is 18.2 Å². The molecule has 0 spiro atoms. The van der Waals surface area contributed by atoms with Gasteiger partial charge in [-0.05, 0) is 42.7 Å². The minimum absolute atomic E-state index is 0.290. The van der Waals surface area contributed by atoms with Crippen LogP contribution in [0.15, 0.2) is 30.3 Å². The lowest BCUT2D eigenvalue weighted by Gasteiger charge is -2.02. The Morgan fingerprint density at radius 1 is 1.10 bits per heavy atom. The Bertz CT molecular complexity index is 791. The minimum atomic E-state index is -0.608. The molecule has 3 aromatic rings. The second kappa shape index (κ2) is 4.71. The highest BCUT2D eigenvalue weighted by molar-refractivity contribution is 5.80. The molecule has 2 nitrogen and oxygen atoms in total. The molecule has 1 heterocycles. The maximum absolute atomic E-state index is 13.9. The van der Waals surface area contributed by atoms with Gasteiger partial charge in [0.1, 0.15) is 17.5 Å². The first kappa shape index (κ1) is 12.8. The molecule has 0 unspecified atom stereocenters. The lowest BCUT2D eigenvalue weighted by Crippen LogP contribution is -1.91. The van der Waals surface area contributed by atoms with Crippen molar-refractivity contribution in [1.82, 2.24) is 9.97 Å². The van der Waals surface area contributed by atoms with Crippen LogP contribution in [0.25, 0.3) is 22.4 Å². The van der Waals surface area contributed by atoms with Crippen LogP contribution in [0.1, 0.15) is 18.1 Å². The van der Waals surface area contributed by atoms with E-state index >= 15 is 0 Å². The van der Waals surface area contributed by atoms with Gasteiger partial charge >= 0.3 is 0 Å². The Morgan fingerprint density at radius 2 is 1.90 bits per heavy atom. The molecule has 20 heavy (non-hydrogen) atoms. The average molecular weight is 272 g/mol. The van der Waals surface area contributed by atoms with Gasteiger partial charge in [0.25, 0.3) is 0 Å². The first-order valence-electron chi connectivity index (χ1n) is 6.53. The number of imidazole rings is 1. The molecule has 102 valence electrons. The predicted molar refractivity (Wildman–Crippen MR) is 75.6 cm³/mol. The predicted octanol–water partition coefficient (Wildman–Crippen LogP) is 4.38. The van der Waals surface area contributed by atoms with Crippen molar-refractivity contribution < 1.29 is 8.78 Å². The zero-order valence-electron chi connectivity index (χ0n) is 11.3. The molecule has 3 rings (SSSR count). The number of fused-ring (bicyclic) bond motifs is 1. The Hall–Kier alpha value is -2.23. The molecular weight excluding hydrogens is 258 g/mol. The van der Waals surface area contributed by atoms with E-state index in [-0.39, 0.29) is 5.56 Å². The molecule has 1 N–H and O–H groups in total. The van der Waals surface area contributed by atoms with Gasteiger partial charge in [0.2, 0.25) is 0 Å². The molecule has 0 fully saturated rings. The number of H-pyrrole nitrogens is 1. The monoisotopic (exact) mass is 272 g/mol. The topological polar surface area (TPSA) is 28.7 Å². The van der Waals surface area contributed by atoms with Gasteiger partial charge in [-0.1, -0.05) is 13.0 Å². The van der Waals surface area contributed by atoms with Crippen molar-refractivity contribution in [3.8, 4) is 11.4 Å². The van der Waals surface area contributed by atoms with E-state index in [9.17, 15) is 8.78 Å². The third-order valence-electron chi connectivity index (χ3n) is 3.46. The summed E-state index contributed by atoms with van der Waals surface area (Å²) in [5.41, 5.74) is 3.51. The number of nitrogens with one attached hydrogen (secondary N) is 1. The van der Waals surface area contributed by atoms with Crippen LogP contribution in [0, 0.1) is 18.6 Å². The third-order valence-corrected chi connectivity index (χ3v) is 3.46. The first-order chi connectivity index (χ1) is 9.58. The molecule has 0 aliphatic heterocycles. The molecule has 0 aliphatic rings.